The second-order valence-electron chi connectivity index (χ2n) is 7.73. The minimum atomic E-state index is -0.276. The third-order valence-electron chi connectivity index (χ3n) is 5.26. The minimum Gasteiger partial charge on any atom is -0.489 e. The number of hydrogen-bond acceptors (Lipinski definition) is 4. The zero-order chi connectivity index (χ0) is 22.7. The number of nitrogens with zero attached hydrogens (tertiary/aromatic N) is 2. The van der Waals surface area contributed by atoms with Gasteiger partial charge in [-0.05, 0) is 61.5 Å². The summed E-state index contributed by atoms with van der Waals surface area (Å²) in [6.45, 7) is 6.68. The molecule has 7 heteroatoms. The molecule has 4 rings (SSSR count). The molecule has 0 unspecified atom stereocenters. The number of benzene rings is 2. The fourth-order valence-corrected chi connectivity index (χ4v) is 4.03. The highest BCUT2D eigenvalue weighted by atomic mass is 32.1. The Morgan fingerprint density at radius 1 is 1.09 bits per heavy atom. The third-order valence-corrected chi connectivity index (χ3v) is 6.24. The zero-order valence-corrected chi connectivity index (χ0v) is 19.0. The van der Waals surface area contributed by atoms with Gasteiger partial charge in [-0.3, -0.25) is 9.48 Å². The molecule has 2 heterocycles. The van der Waals surface area contributed by atoms with E-state index in [9.17, 15) is 9.18 Å². The number of aromatic nitrogens is 2. The molecule has 0 saturated heterocycles. The molecular formula is C25H24FN3O2S. The number of nitrogens with one attached hydrogen (secondary N) is 1. The highest BCUT2D eigenvalue weighted by Gasteiger charge is 2.14. The maximum absolute atomic E-state index is 13.9. The van der Waals surface area contributed by atoms with Gasteiger partial charge in [-0.2, -0.15) is 5.10 Å². The highest BCUT2D eigenvalue weighted by molar-refractivity contribution is 7.12. The molecule has 1 amide bonds. The van der Waals surface area contributed by atoms with E-state index in [4.69, 9.17) is 4.74 Å². The standard InChI is InChI=1S/C25H24FN3O2S/c1-16-8-9-21(10-17(16)2)31-14-19-12-23(32-15-19)25(30)27-24-11-18(3)29(28-24)13-20-6-4-5-7-22(20)26/h4-12,15H,13-14H2,1-3H3,(H,27,28,30). The van der Waals surface area contributed by atoms with E-state index in [0.717, 1.165) is 17.0 Å². The van der Waals surface area contributed by atoms with Crippen molar-refractivity contribution in [1.82, 2.24) is 9.78 Å². The number of rotatable bonds is 7. The molecule has 0 aliphatic rings. The molecule has 0 aliphatic carbocycles. The molecule has 4 aromatic rings. The Morgan fingerprint density at radius 2 is 1.91 bits per heavy atom. The van der Waals surface area contributed by atoms with Gasteiger partial charge in [-0.25, -0.2) is 4.39 Å². The van der Waals surface area contributed by atoms with Crippen LogP contribution in [0.3, 0.4) is 0 Å². The Morgan fingerprint density at radius 3 is 2.69 bits per heavy atom. The smallest absolute Gasteiger partial charge is 0.266 e. The van der Waals surface area contributed by atoms with E-state index < -0.39 is 0 Å². The number of hydrogen-bond donors (Lipinski definition) is 1. The van der Waals surface area contributed by atoms with Crippen molar-refractivity contribution in [1.29, 1.82) is 0 Å². The van der Waals surface area contributed by atoms with E-state index in [1.54, 1.807) is 28.9 Å². The number of halogens is 1. The van der Waals surface area contributed by atoms with Gasteiger partial charge in [0.25, 0.3) is 5.91 Å². The molecule has 1 N–H and O–H groups in total. The van der Waals surface area contributed by atoms with Crippen molar-refractivity contribution in [3.63, 3.8) is 0 Å². The van der Waals surface area contributed by atoms with Gasteiger partial charge < -0.3 is 10.1 Å². The predicted octanol–water partition coefficient (Wildman–Crippen LogP) is 5.89. The monoisotopic (exact) mass is 449 g/mol. The Kier molecular flexibility index (Phi) is 6.37. The van der Waals surface area contributed by atoms with Crippen molar-refractivity contribution < 1.29 is 13.9 Å². The van der Waals surface area contributed by atoms with Gasteiger partial charge >= 0.3 is 0 Å². The topological polar surface area (TPSA) is 56.1 Å². The van der Waals surface area contributed by atoms with E-state index in [-0.39, 0.29) is 11.7 Å². The van der Waals surface area contributed by atoms with Crippen LogP contribution in [0, 0.1) is 26.6 Å². The predicted molar refractivity (Wildman–Crippen MR) is 125 cm³/mol. The molecule has 0 aliphatic heterocycles. The van der Waals surface area contributed by atoms with Crippen LogP contribution in [0.2, 0.25) is 0 Å². The summed E-state index contributed by atoms with van der Waals surface area (Å²) in [5.74, 6) is 0.733. The first-order valence-corrected chi connectivity index (χ1v) is 11.1. The molecule has 32 heavy (non-hydrogen) atoms. The molecule has 2 aromatic heterocycles. The molecule has 164 valence electrons. The SMILES string of the molecule is Cc1ccc(OCc2csc(C(=O)Nc3cc(C)n(Cc4ccccc4F)n3)c2)cc1C. The Bertz CT molecular complexity index is 1260. The highest BCUT2D eigenvalue weighted by Crippen LogP contribution is 2.21. The average Bonchev–Trinajstić information content (AvgIpc) is 3.37. The molecular weight excluding hydrogens is 425 g/mol. The zero-order valence-electron chi connectivity index (χ0n) is 18.2. The number of anilines is 1. The lowest BCUT2D eigenvalue weighted by Gasteiger charge is -2.07. The normalized spacial score (nSPS) is 10.9. The average molecular weight is 450 g/mol. The number of amides is 1. The first kappa shape index (κ1) is 21.8. The lowest BCUT2D eigenvalue weighted by molar-refractivity contribution is 0.103. The molecule has 0 bridgehead atoms. The lowest BCUT2D eigenvalue weighted by atomic mass is 10.1. The first-order chi connectivity index (χ1) is 15.4. The summed E-state index contributed by atoms with van der Waals surface area (Å²) >= 11 is 1.36. The summed E-state index contributed by atoms with van der Waals surface area (Å²) in [5.41, 5.74) is 4.70. The summed E-state index contributed by atoms with van der Waals surface area (Å²) in [6, 6.07) is 16.2. The van der Waals surface area contributed by atoms with Crippen molar-refractivity contribution in [3.05, 3.63) is 98.6 Å². The Labute approximate surface area is 190 Å². The summed E-state index contributed by atoms with van der Waals surface area (Å²) in [6.07, 6.45) is 0. The second-order valence-corrected chi connectivity index (χ2v) is 8.64. The van der Waals surface area contributed by atoms with Crippen molar-refractivity contribution >= 4 is 23.1 Å². The van der Waals surface area contributed by atoms with Gasteiger partial charge in [-0.15, -0.1) is 11.3 Å². The van der Waals surface area contributed by atoms with Crippen molar-refractivity contribution in [2.45, 2.75) is 33.9 Å². The second kappa shape index (κ2) is 9.36. The minimum absolute atomic E-state index is 0.233. The molecule has 0 spiro atoms. The van der Waals surface area contributed by atoms with Gasteiger partial charge in [0.1, 0.15) is 18.2 Å². The number of ether oxygens (including phenoxy) is 1. The summed E-state index contributed by atoms with van der Waals surface area (Å²) in [4.78, 5) is 13.2. The summed E-state index contributed by atoms with van der Waals surface area (Å²) in [7, 11) is 0. The van der Waals surface area contributed by atoms with Crippen LogP contribution < -0.4 is 10.1 Å². The van der Waals surface area contributed by atoms with E-state index >= 15 is 0 Å². The molecule has 0 radical (unpaired) electrons. The summed E-state index contributed by atoms with van der Waals surface area (Å²) in [5, 5.41) is 9.15. The van der Waals surface area contributed by atoms with Gasteiger partial charge in [0, 0.05) is 22.9 Å². The van der Waals surface area contributed by atoms with Crippen molar-refractivity contribution in [2.75, 3.05) is 5.32 Å². The van der Waals surface area contributed by atoms with Gasteiger partial charge in [-0.1, -0.05) is 24.3 Å². The molecule has 2 aromatic carbocycles. The van der Waals surface area contributed by atoms with Crippen LogP contribution in [-0.2, 0) is 13.2 Å². The van der Waals surface area contributed by atoms with Gasteiger partial charge in [0.05, 0.1) is 11.4 Å². The molecule has 5 nitrogen and oxygen atoms in total. The fourth-order valence-electron chi connectivity index (χ4n) is 3.24. The molecule has 0 saturated carbocycles. The first-order valence-electron chi connectivity index (χ1n) is 10.3. The van der Waals surface area contributed by atoms with Crippen LogP contribution in [0.25, 0.3) is 0 Å². The van der Waals surface area contributed by atoms with E-state index in [0.29, 0.717) is 29.4 Å². The van der Waals surface area contributed by atoms with Gasteiger partial charge in [0.15, 0.2) is 5.82 Å². The molecule has 0 fully saturated rings. The third kappa shape index (κ3) is 5.06. The van der Waals surface area contributed by atoms with Crippen molar-refractivity contribution in [3.8, 4) is 5.75 Å². The van der Waals surface area contributed by atoms with Crippen LogP contribution in [0.15, 0.2) is 60.0 Å². The van der Waals surface area contributed by atoms with Crippen LogP contribution in [0.4, 0.5) is 10.2 Å². The van der Waals surface area contributed by atoms with Crippen LogP contribution >= 0.6 is 11.3 Å². The van der Waals surface area contributed by atoms with E-state index in [1.807, 2.05) is 36.6 Å². The van der Waals surface area contributed by atoms with Crippen LogP contribution in [-0.4, -0.2) is 15.7 Å². The van der Waals surface area contributed by atoms with E-state index in [2.05, 4.69) is 24.3 Å². The Hall–Kier alpha value is -3.45. The van der Waals surface area contributed by atoms with E-state index in [1.165, 1.54) is 28.5 Å². The maximum Gasteiger partial charge on any atom is 0.266 e. The number of thiophene rings is 1. The maximum atomic E-state index is 13.9. The quantitative estimate of drug-likeness (QED) is 0.383. The van der Waals surface area contributed by atoms with Gasteiger partial charge in [0.2, 0.25) is 0 Å². The van der Waals surface area contributed by atoms with Crippen LogP contribution in [0.5, 0.6) is 5.75 Å². The Balaban J connectivity index is 1.38. The van der Waals surface area contributed by atoms with Crippen molar-refractivity contribution in [2.24, 2.45) is 0 Å². The summed E-state index contributed by atoms with van der Waals surface area (Å²) < 4.78 is 21.5. The number of aryl methyl sites for hydroxylation is 3. The fraction of sp³-hybridized carbons (Fsp3) is 0.200. The van der Waals surface area contributed by atoms with Crippen LogP contribution in [0.1, 0.15) is 37.6 Å². The molecule has 0 atom stereocenters. The lowest BCUT2D eigenvalue weighted by Crippen LogP contribution is -2.12. The largest absolute Gasteiger partial charge is 0.489 e. The number of carbonyl (C=O) groups excluding carboxylic acids is 1. The number of carbonyl (C=O) groups is 1.